The van der Waals surface area contributed by atoms with Crippen LogP contribution >= 0.6 is 11.3 Å². The van der Waals surface area contributed by atoms with E-state index in [4.69, 9.17) is 14.5 Å². The van der Waals surface area contributed by atoms with Crippen molar-refractivity contribution < 1.29 is 9.47 Å². The van der Waals surface area contributed by atoms with E-state index >= 15 is 0 Å². The van der Waals surface area contributed by atoms with Gasteiger partial charge in [-0.3, -0.25) is 0 Å². The molecule has 0 radical (unpaired) electrons. The molecule has 0 spiro atoms. The van der Waals surface area contributed by atoms with Crippen molar-refractivity contribution in [2.24, 2.45) is 0 Å². The molecule has 0 fully saturated rings. The minimum Gasteiger partial charge on any atom is -0.382 e. The summed E-state index contributed by atoms with van der Waals surface area (Å²) >= 11 is 1.85. The highest BCUT2D eigenvalue weighted by Crippen LogP contribution is 2.33. The molecule has 1 aromatic heterocycles. The number of nitrogens with zero attached hydrogens (tertiary/aromatic N) is 1. The third-order valence-corrected chi connectivity index (χ3v) is 4.51. The van der Waals surface area contributed by atoms with Crippen molar-refractivity contribution in [1.29, 1.82) is 0 Å². The molecule has 0 aliphatic heterocycles. The van der Waals surface area contributed by atoms with E-state index in [1.807, 2.05) is 18.4 Å². The lowest BCUT2D eigenvalue weighted by atomic mass is 9.98. The van der Waals surface area contributed by atoms with Gasteiger partial charge in [0.15, 0.2) is 0 Å². The molecule has 0 saturated carbocycles. The zero-order valence-electron chi connectivity index (χ0n) is 11.2. The Hall–Kier alpha value is -0.490. The van der Waals surface area contributed by atoms with Gasteiger partial charge < -0.3 is 14.8 Å². The average Bonchev–Trinajstić information content (AvgIpc) is 2.81. The maximum Gasteiger partial charge on any atom is 0.0954 e. The summed E-state index contributed by atoms with van der Waals surface area (Å²) in [6.45, 7) is 2.07. The Morgan fingerprint density at radius 1 is 1.39 bits per heavy atom. The second-order valence-electron chi connectivity index (χ2n) is 4.51. The van der Waals surface area contributed by atoms with E-state index in [-0.39, 0.29) is 0 Å². The van der Waals surface area contributed by atoms with Crippen LogP contribution in [0.25, 0.3) is 0 Å². The molecule has 1 N–H and O–H groups in total. The van der Waals surface area contributed by atoms with Crippen LogP contribution < -0.4 is 5.32 Å². The second kappa shape index (κ2) is 7.19. The molecule has 0 aromatic carbocycles. The number of fused-ring (bicyclic) bond motifs is 1. The highest BCUT2D eigenvalue weighted by Gasteiger charge is 2.22. The maximum absolute atomic E-state index is 5.49. The molecule has 1 heterocycles. The number of aryl methyl sites for hydroxylation is 1. The highest BCUT2D eigenvalue weighted by atomic mass is 32.1. The van der Waals surface area contributed by atoms with Gasteiger partial charge in [0.2, 0.25) is 0 Å². The van der Waals surface area contributed by atoms with E-state index < -0.39 is 0 Å². The Morgan fingerprint density at radius 2 is 2.28 bits per heavy atom. The van der Waals surface area contributed by atoms with E-state index in [1.54, 1.807) is 7.11 Å². The largest absolute Gasteiger partial charge is 0.382 e. The summed E-state index contributed by atoms with van der Waals surface area (Å²) in [6, 6.07) is 0.509. The van der Waals surface area contributed by atoms with Crippen LogP contribution in [0.1, 0.15) is 34.5 Å². The zero-order valence-corrected chi connectivity index (χ0v) is 12.0. The maximum atomic E-state index is 5.49. The third kappa shape index (κ3) is 3.51. The van der Waals surface area contributed by atoms with Gasteiger partial charge in [-0.15, -0.1) is 11.3 Å². The van der Waals surface area contributed by atoms with Crippen molar-refractivity contribution >= 4 is 11.3 Å². The molecule has 4 nitrogen and oxygen atoms in total. The van der Waals surface area contributed by atoms with Crippen LogP contribution in [0.5, 0.6) is 0 Å². The van der Waals surface area contributed by atoms with E-state index in [0.29, 0.717) is 19.3 Å². The fraction of sp³-hybridized carbons (Fsp3) is 0.769. The molecular weight excluding hydrogens is 248 g/mol. The molecule has 1 aromatic rings. The molecule has 18 heavy (non-hydrogen) atoms. The molecule has 1 unspecified atom stereocenters. The summed E-state index contributed by atoms with van der Waals surface area (Å²) < 4.78 is 10.4. The SMILES string of the molecule is CNC1CCCc2nc(CCOCCOC)sc21. The van der Waals surface area contributed by atoms with Crippen molar-refractivity contribution in [2.75, 3.05) is 34.0 Å². The van der Waals surface area contributed by atoms with Gasteiger partial charge in [0, 0.05) is 24.4 Å². The molecule has 0 saturated heterocycles. The van der Waals surface area contributed by atoms with Crippen LogP contribution in [0.15, 0.2) is 0 Å². The summed E-state index contributed by atoms with van der Waals surface area (Å²) in [5.74, 6) is 0. The molecule has 5 heteroatoms. The number of hydrogen-bond acceptors (Lipinski definition) is 5. The van der Waals surface area contributed by atoms with Crippen molar-refractivity contribution in [3.63, 3.8) is 0 Å². The molecule has 1 atom stereocenters. The number of rotatable bonds is 7. The van der Waals surface area contributed by atoms with Crippen LogP contribution in [-0.4, -0.2) is 39.0 Å². The van der Waals surface area contributed by atoms with Gasteiger partial charge in [-0.2, -0.15) is 0 Å². The fourth-order valence-electron chi connectivity index (χ4n) is 2.26. The predicted molar refractivity (Wildman–Crippen MR) is 73.3 cm³/mol. The van der Waals surface area contributed by atoms with Crippen LogP contribution in [0.3, 0.4) is 0 Å². The van der Waals surface area contributed by atoms with E-state index in [0.717, 1.165) is 19.4 Å². The molecule has 0 amide bonds. The van der Waals surface area contributed by atoms with Crippen LogP contribution in [0.2, 0.25) is 0 Å². The van der Waals surface area contributed by atoms with Crippen molar-refractivity contribution in [1.82, 2.24) is 10.3 Å². The monoisotopic (exact) mass is 270 g/mol. The first-order valence-corrected chi connectivity index (χ1v) is 7.39. The summed E-state index contributed by atoms with van der Waals surface area (Å²) in [6.07, 6.45) is 4.52. The van der Waals surface area contributed by atoms with E-state index in [2.05, 4.69) is 5.32 Å². The average molecular weight is 270 g/mol. The molecule has 1 aliphatic rings. The lowest BCUT2D eigenvalue weighted by molar-refractivity contribution is 0.0722. The Bertz CT molecular complexity index is 368. The lowest BCUT2D eigenvalue weighted by Crippen LogP contribution is -2.19. The number of thiazole rings is 1. The normalized spacial score (nSPS) is 18.9. The van der Waals surface area contributed by atoms with Crippen LogP contribution in [-0.2, 0) is 22.3 Å². The number of ether oxygens (including phenoxy) is 2. The van der Waals surface area contributed by atoms with E-state index in [9.17, 15) is 0 Å². The quantitative estimate of drug-likeness (QED) is 0.769. The van der Waals surface area contributed by atoms with Gasteiger partial charge in [0.05, 0.1) is 30.5 Å². The van der Waals surface area contributed by atoms with Crippen molar-refractivity contribution in [3.8, 4) is 0 Å². The molecule has 1 aliphatic carbocycles. The molecular formula is C13H22N2O2S. The third-order valence-electron chi connectivity index (χ3n) is 3.24. The molecule has 102 valence electrons. The predicted octanol–water partition coefficient (Wildman–Crippen LogP) is 1.95. The van der Waals surface area contributed by atoms with Crippen molar-refractivity contribution in [3.05, 3.63) is 15.6 Å². The van der Waals surface area contributed by atoms with E-state index in [1.165, 1.54) is 28.4 Å². The zero-order chi connectivity index (χ0) is 12.8. The summed E-state index contributed by atoms with van der Waals surface area (Å²) in [7, 11) is 3.73. The second-order valence-corrected chi connectivity index (χ2v) is 5.62. The topological polar surface area (TPSA) is 43.4 Å². The number of nitrogens with one attached hydrogen (secondary N) is 1. The van der Waals surface area contributed by atoms with Crippen molar-refractivity contribution in [2.45, 2.75) is 31.7 Å². The van der Waals surface area contributed by atoms with Gasteiger partial charge in [-0.1, -0.05) is 0 Å². The smallest absolute Gasteiger partial charge is 0.0954 e. The minimum atomic E-state index is 0.509. The Balaban J connectivity index is 1.85. The first kappa shape index (κ1) is 13.9. The number of methoxy groups -OCH3 is 1. The first-order valence-electron chi connectivity index (χ1n) is 6.57. The molecule has 2 rings (SSSR count). The van der Waals surface area contributed by atoms with Gasteiger partial charge >= 0.3 is 0 Å². The lowest BCUT2D eigenvalue weighted by Gasteiger charge is -2.20. The standard InChI is InChI=1S/C13H22N2O2S/c1-14-10-4-3-5-11-13(10)18-12(15-11)6-7-17-9-8-16-2/h10,14H,3-9H2,1-2H3. The summed E-state index contributed by atoms with van der Waals surface area (Å²) in [4.78, 5) is 6.17. The Morgan fingerprint density at radius 3 is 3.06 bits per heavy atom. The molecule has 0 bridgehead atoms. The fourth-order valence-corrected chi connectivity index (χ4v) is 3.50. The van der Waals surface area contributed by atoms with Crippen LogP contribution in [0, 0.1) is 0 Å². The minimum absolute atomic E-state index is 0.509. The summed E-state index contributed by atoms with van der Waals surface area (Å²) in [5.41, 5.74) is 1.30. The van der Waals surface area contributed by atoms with Gasteiger partial charge in [0.25, 0.3) is 0 Å². The van der Waals surface area contributed by atoms with Gasteiger partial charge in [0.1, 0.15) is 0 Å². The Labute approximate surface area is 113 Å². The number of aromatic nitrogens is 1. The van der Waals surface area contributed by atoms with Gasteiger partial charge in [-0.05, 0) is 26.3 Å². The Kier molecular flexibility index (Phi) is 5.56. The summed E-state index contributed by atoms with van der Waals surface area (Å²) in [5, 5.41) is 4.59. The van der Waals surface area contributed by atoms with Crippen LogP contribution in [0.4, 0.5) is 0 Å². The van der Waals surface area contributed by atoms with Gasteiger partial charge in [-0.25, -0.2) is 4.98 Å². The first-order chi connectivity index (χ1) is 8.85. The highest BCUT2D eigenvalue weighted by molar-refractivity contribution is 7.11. The number of hydrogen-bond donors (Lipinski definition) is 1.